The van der Waals surface area contributed by atoms with Gasteiger partial charge in [0.2, 0.25) is 5.95 Å². The van der Waals surface area contributed by atoms with Crippen LogP contribution >= 0.6 is 0 Å². The van der Waals surface area contributed by atoms with Gasteiger partial charge in [-0.3, -0.25) is 4.90 Å². The lowest BCUT2D eigenvalue weighted by Crippen LogP contribution is -2.57. The van der Waals surface area contributed by atoms with Crippen LogP contribution in [0.25, 0.3) is 22.4 Å². The number of nitrogen functional groups attached to an aromatic ring is 1. The Bertz CT molecular complexity index is 1330. The minimum absolute atomic E-state index is 0.118. The van der Waals surface area contributed by atoms with Crippen LogP contribution in [0, 0.1) is 0 Å². The standard InChI is InChI=1S/C21H22F3N9/c22-14-11-31(12-9-21(23,24)10-12)6-3-16(14)28-20-29-19(25)18-13(2-7-33(18)30-20)15-4-8-32-17(27-15)1-5-26-32/h1-2,4-5,7-8,12,14,16H,3,6,9-11H2,(H3,25,28,29,30)/t14-,16+/m1/s1. The number of piperidine rings is 1. The summed E-state index contributed by atoms with van der Waals surface area (Å²) in [6.07, 6.45) is 4.11. The quantitative estimate of drug-likeness (QED) is 0.486. The van der Waals surface area contributed by atoms with Crippen LogP contribution < -0.4 is 11.1 Å². The number of rotatable bonds is 4. The summed E-state index contributed by atoms with van der Waals surface area (Å²) in [5, 5.41) is 11.6. The Labute approximate surface area is 186 Å². The molecule has 9 nitrogen and oxygen atoms in total. The van der Waals surface area contributed by atoms with Crippen LogP contribution in [-0.2, 0) is 0 Å². The van der Waals surface area contributed by atoms with Gasteiger partial charge in [-0.2, -0.15) is 10.1 Å². The summed E-state index contributed by atoms with van der Waals surface area (Å²) < 4.78 is 44.4. The fourth-order valence-corrected chi connectivity index (χ4v) is 4.76. The van der Waals surface area contributed by atoms with Crippen molar-refractivity contribution in [1.82, 2.24) is 34.1 Å². The SMILES string of the molecule is Nc1nc(N[C@H]2CCN(C3CC(F)(F)C3)C[C@H]2F)nn2ccc(-c3ccn4nccc4n3)c12. The van der Waals surface area contributed by atoms with Crippen LogP contribution in [0.4, 0.5) is 24.9 Å². The molecule has 172 valence electrons. The summed E-state index contributed by atoms with van der Waals surface area (Å²) >= 11 is 0. The van der Waals surface area contributed by atoms with Crippen molar-refractivity contribution in [2.75, 3.05) is 24.1 Å². The molecule has 33 heavy (non-hydrogen) atoms. The van der Waals surface area contributed by atoms with Gasteiger partial charge in [0.15, 0.2) is 11.5 Å². The van der Waals surface area contributed by atoms with Crippen molar-refractivity contribution in [2.45, 2.75) is 43.4 Å². The highest BCUT2D eigenvalue weighted by Crippen LogP contribution is 2.41. The van der Waals surface area contributed by atoms with E-state index in [0.29, 0.717) is 29.8 Å². The number of nitrogens with one attached hydrogen (secondary N) is 1. The Hall–Kier alpha value is -3.41. The summed E-state index contributed by atoms with van der Waals surface area (Å²) in [6.45, 7) is 0.666. The zero-order valence-electron chi connectivity index (χ0n) is 17.6. The average Bonchev–Trinajstić information content (AvgIpc) is 3.40. The maximum Gasteiger partial charge on any atom is 0.251 e. The first kappa shape index (κ1) is 20.2. The first-order valence-electron chi connectivity index (χ1n) is 10.8. The molecule has 1 aliphatic heterocycles. The molecule has 6 rings (SSSR count). The predicted molar refractivity (Wildman–Crippen MR) is 116 cm³/mol. The number of fused-ring (bicyclic) bond motifs is 2. The summed E-state index contributed by atoms with van der Waals surface area (Å²) in [5.41, 5.74) is 9.05. The lowest BCUT2D eigenvalue weighted by Gasteiger charge is -2.46. The van der Waals surface area contributed by atoms with Gasteiger partial charge in [-0.1, -0.05) is 0 Å². The topological polar surface area (TPSA) is 102 Å². The third kappa shape index (κ3) is 3.54. The lowest BCUT2D eigenvalue weighted by atomic mass is 9.85. The van der Waals surface area contributed by atoms with E-state index in [9.17, 15) is 13.2 Å². The Morgan fingerprint density at radius 3 is 2.70 bits per heavy atom. The number of halogens is 3. The van der Waals surface area contributed by atoms with Crippen molar-refractivity contribution >= 4 is 22.9 Å². The maximum atomic E-state index is 14.8. The third-order valence-electron chi connectivity index (χ3n) is 6.54. The van der Waals surface area contributed by atoms with Gasteiger partial charge < -0.3 is 11.1 Å². The number of anilines is 2. The van der Waals surface area contributed by atoms with Gasteiger partial charge in [-0.05, 0) is 18.6 Å². The Kier molecular flexibility index (Phi) is 4.47. The molecule has 2 aliphatic rings. The second kappa shape index (κ2) is 7.30. The van der Waals surface area contributed by atoms with Crippen LogP contribution in [0.15, 0.2) is 36.8 Å². The fraction of sp³-hybridized carbons (Fsp3) is 0.429. The largest absolute Gasteiger partial charge is 0.382 e. The second-order valence-electron chi connectivity index (χ2n) is 8.76. The van der Waals surface area contributed by atoms with E-state index in [1.807, 2.05) is 23.2 Å². The Morgan fingerprint density at radius 1 is 1.09 bits per heavy atom. The smallest absolute Gasteiger partial charge is 0.251 e. The van der Waals surface area contributed by atoms with E-state index in [2.05, 4.69) is 25.5 Å². The molecule has 0 radical (unpaired) electrons. The second-order valence-corrected chi connectivity index (χ2v) is 8.76. The fourth-order valence-electron chi connectivity index (χ4n) is 4.76. The zero-order chi connectivity index (χ0) is 22.7. The molecule has 0 amide bonds. The number of hydrogen-bond donors (Lipinski definition) is 2. The van der Waals surface area contributed by atoms with Crippen molar-refractivity contribution in [2.24, 2.45) is 0 Å². The van der Waals surface area contributed by atoms with Gasteiger partial charge in [0.05, 0.1) is 17.9 Å². The average molecular weight is 457 g/mol. The molecule has 0 unspecified atom stereocenters. The number of nitrogens with zero attached hydrogens (tertiary/aromatic N) is 7. The van der Waals surface area contributed by atoms with Crippen LogP contribution in [0.2, 0.25) is 0 Å². The van der Waals surface area contributed by atoms with Crippen molar-refractivity contribution in [3.05, 3.63) is 36.8 Å². The number of likely N-dealkylation sites (tertiary alicyclic amines) is 1. The van der Waals surface area contributed by atoms with Crippen molar-refractivity contribution < 1.29 is 13.2 Å². The monoisotopic (exact) mass is 457 g/mol. The lowest BCUT2D eigenvalue weighted by molar-refractivity contribution is -0.131. The molecule has 0 bridgehead atoms. The van der Waals surface area contributed by atoms with Gasteiger partial charge in [0.1, 0.15) is 11.7 Å². The molecule has 1 saturated carbocycles. The van der Waals surface area contributed by atoms with E-state index in [1.54, 1.807) is 27.5 Å². The molecule has 1 aliphatic carbocycles. The highest BCUT2D eigenvalue weighted by Gasteiger charge is 2.49. The first-order chi connectivity index (χ1) is 15.9. The van der Waals surface area contributed by atoms with Gasteiger partial charge in [0, 0.05) is 56.0 Å². The molecule has 2 atom stereocenters. The molecule has 4 aromatic heterocycles. The van der Waals surface area contributed by atoms with Crippen LogP contribution in [0.3, 0.4) is 0 Å². The number of hydrogen-bond acceptors (Lipinski definition) is 7. The van der Waals surface area contributed by atoms with Crippen molar-refractivity contribution in [3.63, 3.8) is 0 Å². The highest BCUT2D eigenvalue weighted by molar-refractivity contribution is 5.86. The highest BCUT2D eigenvalue weighted by atomic mass is 19.3. The van der Waals surface area contributed by atoms with Gasteiger partial charge in [0.25, 0.3) is 5.92 Å². The summed E-state index contributed by atoms with van der Waals surface area (Å²) in [4.78, 5) is 10.8. The van der Waals surface area contributed by atoms with Crippen LogP contribution in [0.5, 0.6) is 0 Å². The molecular formula is C21H22F3N9. The van der Waals surface area contributed by atoms with Gasteiger partial charge in [-0.25, -0.2) is 27.2 Å². The predicted octanol–water partition coefficient (Wildman–Crippen LogP) is 2.64. The molecule has 4 aromatic rings. The van der Waals surface area contributed by atoms with E-state index in [1.165, 1.54) is 0 Å². The van der Waals surface area contributed by atoms with Crippen LogP contribution in [0.1, 0.15) is 19.3 Å². The number of alkyl halides is 3. The molecule has 0 aromatic carbocycles. The van der Waals surface area contributed by atoms with E-state index >= 15 is 0 Å². The normalized spacial score (nSPS) is 23.7. The van der Waals surface area contributed by atoms with Crippen molar-refractivity contribution in [3.8, 4) is 11.3 Å². The molecule has 3 N–H and O–H groups in total. The minimum Gasteiger partial charge on any atom is -0.382 e. The molecule has 12 heteroatoms. The van der Waals surface area contributed by atoms with Crippen LogP contribution in [-0.4, -0.2) is 71.4 Å². The zero-order valence-corrected chi connectivity index (χ0v) is 17.6. The maximum absolute atomic E-state index is 14.8. The summed E-state index contributed by atoms with van der Waals surface area (Å²) in [7, 11) is 0. The van der Waals surface area contributed by atoms with Gasteiger partial charge >= 0.3 is 0 Å². The Morgan fingerprint density at radius 2 is 1.91 bits per heavy atom. The molecule has 5 heterocycles. The van der Waals surface area contributed by atoms with E-state index < -0.39 is 18.1 Å². The number of nitrogens with two attached hydrogens (primary N) is 1. The summed E-state index contributed by atoms with van der Waals surface area (Å²) in [5.74, 6) is -2.15. The van der Waals surface area contributed by atoms with Gasteiger partial charge in [-0.15, -0.1) is 5.10 Å². The summed E-state index contributed by atoms with van der Waals surface area (Å²) in [6, 6.07) is 4.74. The molecular weight excluding hydrogens is 435 g/mol. The first-order valence-corrected chi connectivity index (χ1v) is 10.8. The minimum atomic E-state index is -2.61. The molecule has 0 spiro atoms. The van der Waals surface area contributed by atoms with E-state index in [4.69, 9.17) is 5.73 Å². The Balaban J connectivity index is 1.20. The molecule has 2 fully saturated rings. The van der Waals surface area contributed by atoms with E-state index in [0.717, 1.165) is 5.56 Å². The van der Waals surface area contributed by atoms with Crippen molar-refractivity contribution in [1.29, 1.82) is 0 Å². The third-order valence-corrected chi connectivity index (χ3v) is 6.54. The molecule has 1 saturated heterocycles. The van der Waals surface area contributed by atoms with E-state index in [-0.39, 0.29) is 37.2 Å². The number of aromatic nitrogens is 6.